The molecule has 1 saturated heterocycles. The summed E-state index contributed by atoms with van der Waals surface area (Å²) >= 11 is 0. The van der Waals surface area contributed by atoms with Gasteiger partial charge in [0.25, 0.3) is 5.91 Å². The number of carbonyl (C=O) groups is 1. The number of hydrogen-bond donors (Lipinski definition) is 0. The lowest BCUT2D eigenvalue weighted by molar-refractivity contribution is 0.0763. The van der Waals surface area contributed by atoms with E-state index in [0.29, 0.717) is 0 Å². The quantitative estimate of drug-likeness (QED) is 0.583. The first kappa shape index (κ1) is 18.7. The molecule has 1 aliphatic rings. The van der Waals surface area contributed by atoms with Crippen molar-refractivity contribution >= 4 is 16.8 Å². The fourth-order valence-corrected chi connectivity index (χ4v) is 4.19. The van der Waals surface area contributed by atoms with Gasteiger partial charge in [0.05, 0.1) is 16.8 Å². The van der Waals surface area contributed by atoms with Crippen LogP contribution >= 0.6 is 0 Å². The Bertz CT molecular complexity index is 983. The van der Waals surface area contributed by atoms with Crippen molar-refractivity contribution in [2.45, 2.75) is 46.0 Å². The Labute approximate surface area is 167 Å². The van der Waals surface area contributed by atoms with Gasteiger partial charge in [-0.05, 0) is 43.4 Å². The third kappa shape index (κ3) is 3.54. The smallest absolute Gasteiger partial charge is 0.254 e. The van der Waals surface area contributed by atoms with Gasteiger partial charge in [-0.25, -0.2) is 4.98 Å². The van der Waals surface area contributed by atoms with Gasteiger partial charge in [-0.2, -0.15) is 0 Å². The molecule has 0 spiro atoms. The normalized spacial score (nSPS) is 14.9. The van der Waals surface area contributed by atoms with E-state index in [1.807, 2.05) is 36.1 Å². The minimum absolute atomic E-state index is 0.157. The van der Waals surface area contributed by atoms with E-state index in [0.717, 1.165) is 65.6 Å². The van der Waals surface area contributed by atoms with Crippen LogP contribution in [0.3, 0.4) is 0 Å². The van der Waals surface area contributed by atoms with Gasteiger partial charge in [-0.1, -0.05) is 62.2 Å². The van der Waals surface area contributed by atoms with Crippen molar-refractivity contribution in [2.24, 2.45) is 0 Å². The summed E-state index contributed by atoms with van der Waals surface area (Å²) < 4.78 is 0. The lowest BCUT2D eigenvalue weighted by Crippen LogP contribution is -2.32. The van der Waals surface area contributed by atoms with Crippen LogP contribution in [-0.2, 0) is 6.42 Å². The number of nitrogens with zero attached hydrogens (tertiary/aromatic N) is 2. The highest BCUT2D eigenvalue weighted by molar-refractivity contribution is 6.08. The number of aromatic nitrogens is 1. The molecule has 0 saturated carbocycles. The average molecular weight is 373 g/mol. The van der Waals surface area contributed by atoms with Crippen LogP contribution in [0.5, 0.6) is 0 Å². The number of likely N-dealkylation sites (tertiary alicyclic amines) is 1. The van der Waals surface area contributed by atoms with Gasteiger partial charge < -0.3 is 4.90 Å². The van der Waals surface area contributed by atoms with Gasteiger partial charge in [0.15, 0.2) is 0 Å². The predicted octanol–water partition coefficient (Wildman–Crippen LogP) is 5.79. The predicted molar refractivity (Wildman–Crippen MR) is 116 cm³/mol. The van der Waals surface area contributed by atoms with Crippen molar-refractivity contribution in [1.29, 1.82) is 0 Å². The molecule has 144 valence electrons. The number of hydrogen-bond acceptors (Lipinski definition) is 2. The van der Waals surface area contributed by atoms with Crippen LogP contribution in [0.4, 0.5) is 0 Å². The summed E-state index contributed by atoms with van der Waals surface area (Å²) in [5.74, 6) is 0.157. The third-order valence-electron chi connectivity index (χ3n) is 5.88. The molecule has 3 nitrogen and oxygen atoms in total. The van der Waals surface area contributed by atoms with Crippen LogP contribution in [0.2, 0.25) is 0 Å². The van der Waals surface area contributed by atoms with Crippen molar-refractivity contribution in [3.05, 3.63) is 65.2 Å². The molecule has 0 unspecified atom stereocenters. The second-order valence-electron chi connectivity index (χ2n) is 7.73. The summed E-state index contributed by atoms with van der Waals surface area (Å²) in [5, 5.41) is 0.961. The summed E-state index contributed by atoms with van der Waals surface area (Å²) in [6.45, 7) is 5.92. The summed E-state index contributed by atoms with van der Waals surface area (Å²) in [7, 11) is 0. The number of amides is 1. The second-order valence-corrected chi connectivity index (χ2v) is 7.73. The van der Waals surface area contributed by atoms with Crippen molar-refractivity contribution in [1.82, 2.24) is 9.88 Å². The molecule has 0 atom stereocenters. The van der Waals surface area contributed by atoms with Crippen LogP contribution in [0.1, 0.15) is 54.1 Å². The largest absolute Gasteiger partial charge is 0.339 e. The number of pyridine rings is 1. The topological polar surface area (TPSA) is 33.2 Å². The molecule has 2 aromatic carbocycles. The van der Waals surface area contributed by atoms with Crippen molar-refractivity contribution in [3.8, 4) is 11.3 Å². The third-order valence-corrected chi connectivity index (χ3v) is 5.88. The second kappa shape index (κ2) is 8.14. The molecule has 1 amide bonds. The van der Waals surface area contributed by atoms with Gasteiger partial charge in [0.1, 0.15) is 0 Å². The van der Waals surface area contributed by atoms with E-state index in [1.165, 1.54) is 18.4 Å². The Morgan fingerprint density at radius 2 is 1.64 bits per heavy atom. The lowest BCUT2D eigenvalue weighted by Gasteiger charge is -2.23. The average Bonchev–Trinajstić information content (AvgIpc) is 3.03. The van der Waals surface area contributed by atoms with Crippen molar-refractivity contribution < 1.29 is 4.79 Å². The zero-order chi connectivity index (χ0) is 19.5. The fourth-order valence-electron chi connectivity index (χ4n) is 4.19. The van der Waals surface area contributed by atoms with Gasteiger partial charge in [-0.15, -0.1) is 0 Å². The fraction of sp³-hybridized carbons (Fsp3) is 0.360. The van der Waals surface area contributed by atoms with E-state index < -0.39 is 0 Å². The Morgan fingerprint density at radius 1 is 0.964 bits per heavy atom. The Morgan fingerprint density at radius 3 is 2.32 bits per heavy atom. The molecule has 4 rings (SSSR count). The highest BCUT2D eigenvalue weighted by atomic mass is 16.2. The maximum absolute atomic E-state index is 13.6. The van der Waals surface area contributed by atoms with Crippen LogP contribution < -0.4 is 0 Å². The van der Waals surface area contributed by atoms with E-state index in [1.54, 1.807) is 0 Å². The maximum atomic E-state index is 13.6. The molecule has 1 aliphatic heterocycles. The Hall–Kier alpha value is -2.68. The van der Waals surface area contributed by atoms with Crippen LogP contribution in [0.25, 0.3) is 22.2 Å². The first-order valence-electron chi connectivity index (χ1n) is 10.5. The Balaban J connectivity index is 1.86. The molecule has 1 fully saturated rings. The highest BCUT2D eigenvalue weighted by Gasteiger charge is 2.24. The molecule has 0 radical (unpaired) electrons. The van der Waals surface area contributed by atoms with E-state index in [2.05, 4.69) is 31.2 Å². The molecule has 3 heteroatoms. The molecule has 28 heavy (non-hydrogen) atoms. The lowest BCUT2D eigenvalue weighted by atomic mass is 9.96. The number of benzene rings is 2. The zero-order valence-electron chi connectivity index (χ0n) is 16.9. The monoisotopic (exact) mass is 372 g/mol. The highest BCUT2D eigenvalue weighted by Crippen LogP contribution is 2.31. The van der Waals surface area contributed by atoms with Crippen molar-refractivity contribution in [3.63, 3.8) is 0 Å². The van der Waals surface area contributed by atoms with Crippen molar-refractivity contribution in [2.75, 3.05) is 13.1 Å². The molecular formula is C25H28N2O. The SMILES string of the molecule is CCc1ccc(-c2nc3ccccc3c(C(=O)N3CCCCCC3)c2C)cc1. The molecular weight excluding hydrogens is 344 g/mol. The van der Waals surface area contributed by atoms with Crippen LogP contribution in [0, 0.1) is 6.92 Å². The van der Waals surface area contributed by atoms with Crippen LogP contribution in [-0.4, -0.2) is 28.9 Å². The van der Waals surface area contributed by atoms with Crippen LogP contribution in [0.15, 0.2) is 48.5 Å². The molecule has 0 bridgehead atoms. The van der Waals surface area contributed by atoms with Gasteiger partial charge in [0.2, 0.25) is 0 Å². The van der Waals surface area contributed by atoms with Gasteiger partial charge in [0, 0.05) is 24.0 Å². The zero-order valence-corrected chi connectivity index (χ0v) is 16.9. The maximum Gasteiger partial charge on any atom is 0.254 e. The summed E-state index contributed by atoms with van der Waals surface area (Å²) in [6.07, 6.45) is 5.64. The minimum Gasteiger partial charge on any atom is -0.339 e. The number of aryl methyl sites for hydroxylation is 1. The Kier molecular flexibility index (Phi) is 5.43. The first-order chi connectivity index (χ1) is 13.7. The minimum atomic E-state index is 0.157. The molecule has 2 heterocycles. The summed E-state index contributed by atoms with van der Waals surface area (Å²) in [4.78, 5) is 20.6. The van der Waals surface area contributed by atoms with Gasteiger partial charge in [-0.3, -0.25) is 4.79 Å². The summed E-state index contributed by atoms with van der Waals surface area (Å²) in [5.41, 5.74) is 5.99. The molecule has 1 aromatic heterocycles. The number of para-hydroxylation sites is 1. The van der Waals surface area contributed by atoms with E-state index in [4.69, 9.17) is 4.98 Å². The van der Waals surface area contributed by atoms with E-state index in [-0.39, 0.29) is 5.91 Å². The van der Waals surface area contributed by atoms with E-state index >= 15 is 0 Å². The molecule has 0 N–H and O–H groups in total. The standard InChI is InChI=1S/C25H28N2O/c1-3-19-12-14-20(15-13-19)24-18(2)23(21-10-6-7-11-22(21)26-24)25(28)27-16-8-4-5-9-17-27/h6-7,10-15H,3-5,8-9,16-17H2,1-2H3. The number of rotatable bonds is 3. The summed E-state index contributed by atoms with van der Waals surface area (Å²) in [6, 6.07) is 16.6. The van der Waals surface area contributed by atoms with Gasteiger partial charge >= 0.3 is 0 Å². The molecule has 0 aliphatic carbocycles. The first-order valence-corrected chi connectivity index (χ1v) is 10.5. The number of carbonyl (C=O) groups excluding carboxylic acids is 1. The van der Waals surface area contributed by atoms with E-state index in [9.17, 15) is 4.79 Å². The molecule has 3 aromatic rings. The number of fused-ring (bicyclic) bond motifs is 1.